The summed E-state index contributed by atoms with van der Waals surface area (Å²) in [7, 11) is 0. The maximum Gasteiger partial charge on any atom is 0.408 e. The SMILES string of the molecule is O=C(NC(Cc1ccccc1)C(=O)Oc1ccc2ccc(=O)oc2c1)OCc1ccccc1. The van der Waals surface area contributed by atoms with E-state index in [-0.39, 0.29) is 18.8 Å². The standard InChI is InChI=1S/C26H21NO6/c28-24-14-12-20-11-13-21(16-23(20)33-24)32-25(29)22(15-18-7-3-1-4-8-18)27-26(30)31-17-19-9-5-2-6-10-19/h1-14,16,22H,15,17H2,(H,27,30). The molecule has 1 heterocycles. The fourth-order valence-corrected chi connectivity index (χ4v) is 3.24. The van der Waals surface area contributed by atoms with Crippen LogP contribution in [0.25, 0.3) is 11.0 Å². The van der Waals surface area contributed by atoms with Crippen molar-refractivity contribution in [2.24, 2.45) is 0 Å². The molecule has 1 atom stereocenters. The van der Waals surface area contributed by atoms with Gasteiger partial charge in [-0.3, -0.25) is 0 Å². The molecule has 0 radical (unpaired) electrons. The molecule has 166 valence electrons. The number of fused-ring (bicyclic) bond motifs is 1. The van der Waals surface area contributed by atoms with Gasteiger partial charge in [-0.05, 0) is 29.3 Å². The van der Waals surface area contributed by atoms with E-state index in [0.29, 0.717) is 11.0 Å². The average molecular weight is 443 g/mol. The Bertz CT molecular complexity index is 1300. The number of esters is 1. The zero-order valence-electron chi connectivity index (χ0n) is 17.6. The van der Waals surface area contributed by atoms with Crippen LogP contribution in [0.4, 0.5) is 4.79 Å². The van der Waals surface area contributed by atoms with Gasteiger partial charge in [0.15, 0.2) is 0 Å². The van der Waals surface area contributed by atoms with Crippen molar-refractivity contribution in [3.63, 3.8) is 0 Å². The molecule has 1 unspecified atom stereocenters. The lowest BCUT2D eigenvalue weighted by Gasteiger charge is -2.18. The summed E-state index contributed by atoms with van der Waals surface area (Å²) < 4.78 is 15.9. The lowest BCUT2D eigenvalue weighted by Crippen LogP contribution is -2.44. The minimum Gasteiger partial charge on any atom is -0.445 e. The highest BCUT2D eigenvalue weighted by atomic mass is 16.6. The number of nitrogens with one attached hydrogen (secondary N) is 1. The smallest absolute Gasteiger partial charge is 0.408 e. The number of hydrogen-bond donors (Lipinski definition) is 1. The van der Waals surface area contributed by atoms with Gasteiger partial charge < -0.3 is 19.2 Å². The van der Waals surface area contributed by atoms with Gasteiger partial charge in [-0.15, -0.1) is 0 Å². The fourth-order valence-electron chi connectivity index (χ4n) is 3.24. The predicted molar refractivity (Wildman–Crippen MR) is 122 cm³/mol. The first-order valence-electron chi connectivity index (χ1n) is 10.3. The summed E-state index contributed by atoms with van der Waals surface area (Å²) >= 11 is 0. The van der Waals surface area contributed by atoms with Gasteiger partial charge in [-0.1, -0.05) is 60.7 Å². The Hall–Kier alpha value is -4.39. The quantitative estimate of drug-likeness (QED) is 0.261. The molecule has 0 aliphatic heterocycles. The highest BCUT2D eigenvalue weighted by Gasteiger charge is 2.24. The Balaban J connectivity index is 1.47. The number of rotatable bonds is 7. The zero-order valence-corrected chi connectivity index (χ0v) is 17.6. The number of alkyl carbamates (subject to hydrolysis) is 1. The molecule has 7 heteroatoms. The molecule has 0 fully saturated rings. The summed E-state index contributed by atoms with van der Waals surface area (Å²) in [5, 5.41) is 3.29. The molecule has 1 aromatic heterocycles. The third kappa shape index (κ3) is 6.07. The molecule has 0 aliphatic carbocycles. The number of carbonyl (C=O) groups excluding carboxylic acids is 2. The second-order valence-electron chi connectivity index (χ2n) is 7.32. The lowest BCUT2D eigenvalue weighted by atomic mass is 10.1. The number of carbonyl (C=O) groups is 2. The second kappa shape index (κ2) is 10.3. The maximum atomic E-state index is 12.9. The summed E-state index contributed by atoms with van der Waals surface area (Å²) in [6.07, 6.45) is -0.524. The molecule has 0 saturated heterocycles. The van der Waals surface area contributed by atoms with Crippen molar-refractivity contribution < 1.29 is 23.5 Å². The molecule has 0 spiro atoms. The number of hydrogen-bond acceptors (Lipinski definition) is 6. The molecule has 33 heavy (non-hydrogen) atoms. The molecule has 0 saturated carbocycles. The van der Waals surface area contributed by atoms with Crippen LogP contribution in [0.5, 0.6) is 5.75 Å². The van der Waals surface area contributed by atoms with Crippen LogP contribution in [0.15, 0.2) is 100 Å². The van der Waals surface area contributed by atoms with Crippen LogP contribution < -0.4 is 15.7 Å². The first kappa shape index (κ1) is 21.8. The molecular formula is C26H21NO6. The first-order chi connectivity index (χ1) is 16.1. The van der Waals surface area contributed by atoms with Gasteiger partial charge in [0.2, 0.25) is 0 Å². The Morgan fingerprint density at radius 2 is 1.52 bits per heavy atom. The molecule has 4 rings (SSSR count). The third-order valence-corrected chi connectivity index (χ3v) is 4.89. The van der Waals surface area contributed by atoms with Gasteiger partial charge in [-0.2, -0.15) is 0 Å². The Morgan fingerprint density at radius 3 is 2.24 bits per heavy atom. The largest absolute Gasteiger partial charge is 0.445 e. The van der Waals surface area contributed by atoms with Crippen molar-refractivity contribution in [3.05, 3.63) is 113 Å². The van der Waals surface area contributed by atoms with E-state index < -0.39 is 23.7 Å². The molecule has 0 bridgehead atoms. The van der Waals surface area contributed by atoms with Gasteiger partial charge >= 0.3 is 17.7 Å². The van der Waals surface area contributed by atoms with Gasteiger partial charge in [0, 0.05) is 23.9 Å². The predicted octanol–water partition coefficient (Wildman–Crippen LogP) is 4.24. The molecule has 3 aromatic carbocycles. The summed E-state index contributed by atoms with van der Waals surface area (Å²) in [5.74, 6) is -0.479. The van der Waals surface area contributed by atoms with Crippen molar-refractivity contribution in [3.8, 4) is 5.75 Å². The third-order valence-electron chi connectivity index (χ3n) is 4.89. The Kier molecular flexibility index (Phi) is 6.80. The highest BCUT2D eigenvalue weighted by Crippen LogP contribution is 2.20. The normalized spacial score (nSPS) is 11.5. The Morgan fingerprint density at radius 1 is 0.848 bits per heavy atom. The molecule has 1 amide bonds. The summed E-state index contributed by atoms with van der Waals surface area (Å²) in [6.45, 7) is 0.0729. The monoisotopic (exact) mass is 443 g/mol. The highest BCUT2D eigenvalue weighted by molar-refractivity contribution is 5.84. The van der Waals surface area contributed by atoms with Gasteiger partial charge in [0.25, 0.3) is 0 Å². The number of benzene rings is 3. The van der Waals surface area contributed by atoms with Crippen molar-refractivity contribution in [2.45, 2.75) is 19.1 Å². The van der Waals surface area contributed by atoms with E-state index in [1.54, 1.807) is 18.2 Å². The van der Waals surface area contributed by atoms with Crippen molar-refractivity contribution in [2.75, 3.05) is 0 Å². The fraction of sp³-hybridized carbons (Fsp3) is 0.115. The van der Waals surface area contributed by atoms with Crippen LogP contribution >= 0.6 is 0 Å². The van der Waals surface area contributed by atoms with Gasteiger partial charge in [-0.25, -0.2) is 14.4 Å². The van der Waals surface area contributed by atoms with E-state index in [9.17, 15) is 14.4 Å². The van der Waals surface area contributed by atoms with Gasteiger partial charge in [0.05, 0.1) is 0 Å². The second-order valence-corrected chi connectivity index (χ2v) is 7.32. The van der Waals surface area contributed by atoms with E-state index in [1.165, 1.54) is 12.1 Å². The van der Waals surface area contributed by atoms with Crippen molar-refractivity contribution in [1.29, 1.82) is 0 Å². The van der Waals surface area contributed by atoms with Crippen molar-refractivity contribution >= 4 is 23.0 Å². The Labute approximate surface area is 189 Å². The lowest BCUT2D eigenvalue weighted by molar-refractivity contribution is -0.136. The molecular weight excluding hydrogens is 422 g/mol. The summed E-state index contributed by atoms with van der Waals surface area (Å²) in [6, 6.07) is 25.1. The molecule has 7 nitrogen and oxygen atoms in total. The van der Waals surface area contributed by atoms with E-state index in [2.05, 4.69) is 5.32 Å². The van der Waals surface area contributed by atoms with Crippen molar-refractivity contribution in [1.82, 2.24) is 5.32 Å². The minimum atomic E-state index is -0.992. The van der Waals surface area contributed by atoms with E-state index >= 15 is 0 Å². The van der Waals surface area contributed by atoms with E-state index in [4.69, 9.17) is 13.9 Å². The molecule has 4 aromatic rings. The number of ether oxygens (including phenoxy) is 2. The number of amides is 1. The summed E-state index contributed by atoms with van der Waals surface area (Å²) in [5.41, 5.74) is 1.46. The zero-order chi connectivity index (χ0) is 23.0. The van der Waals surface area contributed by atoms with Crippen LogP contribution in [0, 0.1) is 0 Å². The molecule has 0 aliphatic rings. The van der Waals surface area contributed by atoms with Crippen LogP contribution in [0.1, 0.15) is 11.1 Å². The van der Waals surface area contributed by atoms with E-state index in [1.807, 2.05) is 60.7 Å². The van der Waals surface area contributed by atoms with Crippen LogP contribution in [0.3, 0.4) is 0 Å². The van der Waals surface area contributed by atoms with Crippen LogP contribution in [0.2, 0.25) is 0 Å². The van der Waals surface area contributed by atoms with Crippen LogP contribution in [-0.4, -0.2) is 18.1 Å². The first-order valence-corrected chi connectivity index (χ1v) is 10.3. The summed E-state index contributed by atoms with van der Waals surface area (Å²) in [4.78, 5) is 36.8. The van der Waals surface area contributed by atoms with Crippen LogP contribution in [-0.2, 0) is 22.6 Å². The molecule has 1 N–H and O–H groups in total. The average Bonchev–Trinajstić information content (AvgIpc) is 2.83. The maximum absolute atomic E-state index is 12.9. The minimum absolute atomic E-state index is 0.0729. The van der Waals surface area contributed by atoms with Gasteiger partial charge in [0.1, 0.15) is 24.0 Å². The van der Waals surface area contributed by atoms with E-state index in [0.717, 1.165) is 11.1 Å². The topological polar surface area (TPSA) is 94.8 Å².